The van der Waals surface area contributed by atoms with E-state index in [0.717, 1.165) is 12.2 Å². The maximum atomic E-state index is 4.63. The molecule has 0 saturated heterocycles. The summed E-state index contributed by atoms with van der Waals surface area (Å²) in [4.78, 5) is 0. The standard InChI is InChI=1S/C5H9S2/c1-2-3-4-5-7-6/h3-4H,2,5H2,1H3/b4-3+. The number of hydrogen-bond donors (Lipinski definition) is 0. The molecule has 0 bridgehead atoms. The van der Waals surface area contributed by atoms with Gasteiger partial charge in [-0.15, -0.1) is 0 Å². The molecule has 0 amide bonds. The first-order valence-corrected chi connectivity index (χ1v) is 4.22. The van der Waals surface area contributed by atoms with Gasteiger partial charge in [-0.1, -0.05) is 29.9 Å². The van der Waals surface area contributed by atoms with Gasteiger partial charge in [0.15, 0.2) is 0 Å². The van der Waals surface area contributed by atoms with Crippen molar-refractivity contribution in [3.8, 4) is 0 Å². The molecule has 0 fully saturated rings. The van der Waals surface area contributed by atoms with E-state index in [1.54, 1.807) is 0 Å². The van der Waals surface area contributed by atoms with Crippen LogP contribution in [-0.4, -0.2) is 5.75 Å². The lowest BCUT2D eigenvalue weighted by molar-refractivity contribution is 1.22. The second-order valence-corrected chi connectivity index (χ2v) is 2.44. The van der Waals surface area contributed by atoms with E-state index in [-0.39, 0.29) is 0 Å². The molecule has 0 rings (SSSR count). The fourth-order valence-electron chi connectivity index (χ4n) is 0.274. The molecule has 0 aliphatic heterocycles. The summed E-state index contributed by atoms with van der Waals surface area (Å²) in [5.41, 5.74) is 0. The monoisotopic (exact) mass is 133 g/mol. The van der Waals surface area contributed by atoms with Gasteiger partial charge in [0.2, 0.25) is 0 Å². The third-order valence-corrected chi connectivity index (χ3v) is 1.30. The minimum Gasteiger partial charge on any atom is -0.0880 e. The van der Waals surface area contributed by atoms with Crippen molar-refractivity contribution in [1.82, 2.24) is 0 Å². The summed E-state index contributed by atoms with van der Waals surface area (Å²) < 4.78 is 0. The topological polar surface area (TPSA) is 0 Å². The molecule has 7 heavy (non-hydrogen) atoms. The predicted molar refractivity (Wildman–Crippen MR) is 39.5 cm³/mol. The third-order valence-electron chi connectivity index (χ3n) is 0.567. The predicted octanol–water partition coefficient (Wildman–Crippen LogP) is 2.80. The fourth-order valence-corrected chi connectivity index (χ4v) is 0.724. The van der Waals surface area contributed by atoms with Crippen LogP contribution in [0.5, 0.6) is 0 Å². The maximum absolute atomic E-state index is 4.63. The highest BCUT2D eigenvalue weighted by Crippen LogP contribution is 2.03. The quantitative estimate of drug-likeness (QED) is 0.421. The molecule has 0 spiro atoms. The molecule has 0 saturated carbocycles. The van der Waals surface area contributed by atoms with E-state index in [2.05, 4.69) is 30.7 Å². The van der Waals surface area contributed by atoms with Crippen molar-refractivity contribution in [1.29, 1.82) is 0 Å². The SMILES string of the molecule is CC/C=C/CS[S]. The molecule has 0 N–H and O–H groups in total. The van der Waals surface area contributed by atoms with Crippen LogP contribution in [0.25, 0.3) is 0 Å². The molecular weight excluding hydrogens is 124 g/mol. The van der Waals surface area contributed by atoms with Crippen LogP contribution in [0.4, 0.5) is 0 Å². The van der Waals surface area contributed by atoms with Crippen LogP contribution in [0.2, 0.25) is 0 Å². The van der Waals surface area contributed by atoms with Gasteiger partial charge in [-0.25, -0.2) is 0 Å². The average Bonchev–Trinajstić information content (AvgIpc) is 1.69. The highest BCUT2D eigenvalue weighted by molar-refractivity contribution is 8.68. The van der Waals surface area contributed by atoms with Crippen molar-refractivity contribution in [3.63, 3.8) is 0 Å². The highest BCUT2D eigenvalue weighted by atomic mass is 33.1. The first-order chi connectivity index (χ1) is 3.41. The molecular formula is C5H9S2. The fraction of sp³-hybridized carbons (Fsp3) is 0.600. The van der Waals surface area contributed by atoms with E-state index in [1.165, 1.54) is 10.8 Å². The maximum Gasteiger partial charge on any atom is 0.0226 e. The normalized spacial score (nSPS) is 10.6. The summed E-state index contributed by atoms with van der Waals surface area (Å²) in [5, 5.41) is 0. The van der Waals surface area contributed by atoms with Crippen molar-refractivity contribution in [2.45, 2.75) is 13.3 Å². The molecule has 0 atom stereocenters. The lowest BCUT2D eigenvalue weighted by Gasteiger charge is -1.78. The van der Waals surface area contributed by atoms with E-state index in [0.29, 0.717) is 0 Å². The van der Waals surface area contributed by atoms with Crippen LogP contribution in [0.3, 0.4) is 0 Å². The van der Waals surface area contributed by atoms with Gasteiger partial charge in [0.1, 0.15) is 0 Å². The molecule has 0 aromatic rings. The Morgan fingerprint density at radius 3 is 2.71 bits per heavy atom. The molecule has 0 aliphatic rings. The Balaban J connectivity index is 2.78. The first-order valence-electron chi connectivity index (χ1n) is 2.31. The summed E-state index contributed by atoms with van der Waals surface area (Å²) in [6.07, 6.45) is 5.34. The summed E-state index contributed by atoms with van der Waals surface area (Å²) in [5.74, 6) is 0.975. The lowest BCUT2D eigenvalue weighted by atomic mass is 10.4. The number of allylic oxidation sites excluding steroid dienone is 1. The molecule has 0 aliphatic carbocycles. The zero-order valence-electron chi connectivity index (χ0n) is 4.39. The largest absolute Gasteiger partial charge is 0.0880 e. The Hall–Kier alpha value is 0.440. The van der Waals surface area contributed by atoms with Crippen LogP contribution >= 0.6 is 22.5 Å². The van der Waals surface area contributed by atoms with E-state index >= 15 is 0 Å². The van der Waals surface area contributed by atoms with Gasteiger partial charge < -0.3 is 0 Å². The van der Waals surface area contributed by atoms with E-state index in [9.17, 15) is 0 Å². The smallest absolute Gasteiger partial charge is 0.0226 e. The van der Waals surface area contributed by atoms with Gasteiger partial charge in [-0.2, -0.15) is 0 Å². The number of rotatable bonds is 3. The van der Waals surface area contributed by atoms with Gasteiger partial charge in [0, 0.05) is 5.75 Å². The van der Waals surface area contributed by atoms with Crippen LogP contribution in [0.15, 0.2) is 12.2 Å². The van der Waals surface area contributed by atoms with Crippen LogP contribution in [0, 0.1) is 0 Å². The van der Waals surface area contributed by atoms with Crippen molar-refractivity contribution < 1.29 is 0 Å². The van der Waals surface area contributed by atoms with Crippen molar-refractivity contribution in [2.75, 3.05) is 5.75 Å². The molecule has 41 valence electrons. The Morgan fingerprint density at radius 2 is 2.29 bits per heavy atom. The molecule has 2 heteroatoms. The minimum absolute atomic E-state index is 0.975. The van der Waals surface area contributed by atoms with E-state index in [1.807, 2.05) is 0 Å². The molecule has 0 aromatic carbocycles. The van der Waals surface area contributed by atoms with Crippen LogP contribution in [-0.2, 0) is 0 Å². The Kier molecular flexibility index (Phi) is 6.84. The van der Waals surface area contributed by atoms with Gasteiger partial charge in [0.25, 0.3) is 0 Å². The lowest BCUT2D eigenvalue weighted by Crippen LogP contribution is -1.60. The van der Waals surface area contributed by atoms with Crippen LogP contribution in [0.1, 0.15) is 13.3 Å². The zero-order chi connectivity index (χ0) is 5.54. The van der Waals surface area contributed by atoms with Gasteiger partial charge in [-0.05, 0) is 18.1 Å². The molecule has 0 aromatic heterocycles. The first kappa shape index (κ1) is 7.44. The summed E-state index contributed by atoms with van der Waals surface area (Å²) in [6, 6.07) is 0. The summed E-state index contributed by atoms with van der Waals surface area (Å²) in [7, 11) is 1.44. The van der Waals surface area contributed by atoms with Gasteiger partial charge in [0.05, 0.1) is 0 Å². The Labute approximate surface area is 54.2 Å². The number of hydrogen-bond acceptors (Lipinski definition) is 1. The second-order valence-electron chi connectivity index (χ2n) is 1.16. The van der Waals surface area contributed by atoms with Crippen molar-refractivity contribution in [2.24, 2.45) is 0 Å². The van der Waals surface area contributed by atoms with Crippen molar-refractivity contribution in [3.05, 3.63) is 12.2 Å². The summed E-state index contributed by atoms with van der Waals surface area (Å²) >= 11 is 4.63. The van der Waals surface area contributed by atoms with E-state index in [4.69, 9.17) is 0 Å². The third kappa shape index (κ3) is 6.44. The van der Waals surface area contributed by atoms with Gasteiger partial charge >= 0.3 is 0 Å². The second kappa shape index (κ2) is 6.44. The van der Waals surface area contributed by atoms with Gasteiger partial charge in [-0.3, -0.25) is 0 Å². The average molecular weight is 133 g/mol. The zero-order valence-corrected chi connectivity index (χ0v) is 6.02. The van der Waals surface area contributed by atoms with Crippen LogP contribution < -0.4 is 0 Å². The Morgan fingerprint density at radius 1 is 1.57 bits per heavy atom. The Bertz CT molecular complexity index is 50.0. The molecule has 0 unspecified atom stereocenters. The van der Waals surface area contributed by atoms with E-state index < -0.39 is 0 Å². The molecule has 0 nitrogen and oxygen atoms in total. The summed E-state index contributed by atoms with van der Waals surface area (Å²) in [6.45, 7) is 2.12. The van der Waals surface area contributed by atoms with Crippen molar-refractivity contribution >= 4 is 22.5 Å². The minimum atomic E-state index is 0.975. The molecule has 1 radical (unpaired) electrons. The molecule has 0 heterocycles. The highest BCUT2D eigenvalue weighted by Gasteiger charge is 1.69.